The van der Waals surface area contributed by atoms with Gasteiger partial charge < -0.3 is 9.73 Å². The molecule has 0 saturated heterocycles. The molecular formula is C23H25N3O4S2. The summed E-state index contributed by atoms with van der Waals surface area (Å²) in [6.45, 7) is 6.37. The predicted molar refractivity (Wildman–Crippen MR) is 128 cm³/mol. The molecule has 168 valence electrons. The zero-order valence-corrected chi connectivity index (χ0v) is 19.6. The zero-order chi connectivity index (χ0) is 23.4. The number of amides is 1. The molecule has 0 aliphatic carbocycles. The van der Waals surface area contributed by atoms with Crippen molar-refractivity contribution in [1.82, 2.24) is 10.0 Å². The average Bonchev–Trinajstić information content (AvgIpc) is 3.26. The van der Waals surface area contributed by atoms with Crippen molar-refractivity contribution < 1.29 is 17.6 Å². The van der Waals surface area contributed by atoms with E-state index in [1.54, 1.807) is 36.4 Å². The fraction of sp³-hybridized carbons (Fsp3) is 0.217. The minimum atomic E-state index is -3.69. The second-order valence-electron chi connectivity index (χ2n) is 8.16. The van der Waals surface area contributed by atoms with Crippen LogP contribution in [0.4, 0.5) is 5.69 Å². The van der Waals surface area contributed by atoms with Crippen LogP contribution in [0.2, 0.25) is 0 Å². The Hall–Kier alpha value is -3.01. The molecule has 1 amide bonds. The summed E-state index contributed by atoms with van der Waals surface area (Å²) < 4.78 is 32.4. The summed E-state index contributed by atoms with van der Waals surface area (Å²) in [5, 5.41) is 5.62. The summed E-state index contributed by atoms with van der Waals surface area (Å²) in [6, 6.07) is 16.8. The van der Waals surface area contributed by atoms with Gasteiger partial charge in [0.2, 0.25) is 10.0 Å². The van der Waals surface area contributed by atoms with Gasteiger partial charge in [-0.05, 0) is 71.7 Å². The first-order valence-electron chi connectivity index (χ1n) is 9.89. The van der Waals surface area contributed by atoms with Crippen LogP contribution in [-0.4, -0.2) is 19.4 Å². The second-order valence-corrected chi connectivity index (χ2v) is 10.3. The SMILES string of the molecule is CC(C)(C)c1ccc(C(=O)NC(=S)Nc2ccc(S(=O)(=O)NCc3ccco3)cc2)cc1. The van der Waals surface area contributed by atoms with Crippen molar-refractivity contribution in [2.75, 3.05) is 5.32 Å². The third-order valence-corrected chi connectivity index (χ3v) is 6.30. The van der Waals surface area contributed by atoms with Crippen molar-refractivity contribution in [2.24, 2.45) is 0 Å². The number of anilines is 1. The first kappa shape index (κ1) is 23.6. The molecule has 0 saturated carbocycles. The molecule has 0 spiro atoms. The zero-order valence-electron chi connectivity index (χ0n) is 18.0. The molecule has 1 aromatic heterocycles. The topological polar surface area (TPSA) is 100 Å². The highest BCUT2D eigenvalue weighted by Crippen LogP contribution is 2.22. The van der Waals surface area contributed by atoms with E-state index in [1.165, 1.54) is 18.4 Å². The number of benzene rings is 2. The van der Waals surface area contributed by atoms with E-state index < -0.39 is 10.0 Å². The Morgan fingerprint density at radius 3 is 2.22 bits per heavy atom. The predicted octanol–water partition coefficient (Wildman–Crippen LogP) is 4.18. The number of sulfonamides is 1. The first-order valence-corrected chi connectivity index (χ1v) is 11.8. The number of nitrogens with one attached hydrogen (secondary N) is 3. The van der Waals surface area contributed by atoms with Crippen LogP contribution in [0, 0.1) is 0 Å². The maximum atomic E-state index is 12.4. The molecule has 32 heavy (non-hydrogen) atoms. The van der Waals surface area contributed by atoms with Gasteiger partial charge in [-0.3, -0.25) is 10.1 Å². The fourth-order valence-corrected chi connectivity index (χ4v) is 4.04. The second kappa shape index (κ2) is 9.64. The molecule has 0 fully saturated rings. The maximum Gasteiger partial charge on any atom is 0.257 e. The molecule has 0 aliphatic heterocycles. The van der Waals surface area contributed by atoms with E-state index in [2.05, 4.69) is 36.1 Å². The van der Waals surface area contributed by atoms with Crippen LogP contribution >= 0.6 is 12.2 Å². The lowest BCUT2D eigenvalue weighted by Crippen LogP contribution is -2.34. The van der Waals surface area contributed by atoms with Crippen LogP contribution < -0.4 is 15.4 Å². The van der Waals surface area contributed by atoms with Crippen LogP contribution in [0.15, 0.2) is 76.2 Å². The Kier molecular flexibility index (Phi) is 7.12. The summed E-state index contributed by atoms with van der Waals surface area (Å²) in [6.07, 6.45) is 1.48. The van der Waals surface area contributed by atoms with E-state index in [0.29, 0.717) is 17.0 Å². The smallest absolute Gasteiger partial charge is 0.257 e. The van der Waals surface area contributed by atoms with E-state index in [0.717, 1.165) is 5.56 Å². The number of rotatable bonds is 6. The lowest BCUT2D eigenvalue weighted by molar-refractivity contribution is 0.0977. The van der Waals surface area contributed by atoms with Gasteiger partial charge in [-0.1, -0.05) is 32.9 Å². The van der Waals surface area contributed by atoms with Crippen molar-refractivity contribution >= 4 is 38.9 Å². The Balaban J connectivity index is 1.56. The summed E-state index contributed by atoms with van der Waals surface area (Å²) in [5.74, 6) is 0.185. The number of hydrogen-bond donors (Lipinski definition) is 3. The molecule has 3 aromatic rings. The van der Waals surface area contributed by atoms with Gasteiger partial charge in [0, 0.05) is 11.3 Å². The third-order valence-electron chi connectivity index (χ3n) is 4.68. The minimum Gasteiger partial charge on any atom is -0.468 e. The molecular weight excluding hydrogens is 446 g/mol. The van der Waals surface area contributed by atoms with Crippen LogP contribution in [-0.2, 0) is 22.0 Å². The highest BCUT2D eigenvalue weighted by Gasteiger charge is 2.16. The lowest BCUT2D eigenvalue weighted by atomic mass is 9.87. The minimum absolute atomic E-state index is 0.000203. The highest BCUT2D eigenvalue weighted by molar-refractivity contribution is 7.89. The van der Waals surface area contributed by atoms with Gasteiger partial charge in [0.1, 0.15) is 5.76 Å². The first-order chi connectivity index (χ1) is 15.0. The van der Waals surface area contributed by atoms with Crippen LogP contribution in [0.25, 0.3) is 0 Å². The molecule has 9 heteroatoms. The van der Waals surface area contributed by atoms with Gasteiger partial charge in [-0.25, -0.2) is 13.1 Å². The van der Waals surface area contributed by atoms with Crippen LogP contribution in [0.1, 0.15) is 42.5 Å². The van der Waals surface area contributed by atoms with Crippen molar-refractivity contribution in [1.29, 1.82) is 0 Å². The van der Waals surface area contributed by atoms with Gasteiger partial charge >= 0.3 is 0 Å². The molecule has 0 unspecified atom stereocenters. The molecule has 0 atom stereocenters. The largest absolute Gasteiger partial charge is 0.468 e. The number of furan rings is 1. The van der Waals surface area contributed by atoms with E-state index >= 15 is 0 Å². The lowest BCUT2D eigenvalue weighted by Gasteiger charge is -2.19. The molecule has 7 nitrogen and oxygen atoms in total. The number of carbonyl (C=O) groups is 1. The van der Waals surface area contributed by atoms with E-state index in [9.17, 15) is 13.2 Å². The van der Waals surface area contributed by atoms with Gasteiger partial charge in [-0.2, -0.15) is 0 Å². The van der Waals surface area contributed by atoms with Crippen molar-refractivity contribution in [2.45, 2.75) is 37.6 Å². The molecule has 3 rings (SSSR count). The standard InChI is InChI=1S/C23H25N3O4S2/c1-23(2,3)17-8-6-16(7-9-17)21(27)26-22(31)25-18-10-12-20(13-11-18)32(28,29)24-15-19-5-4-14-30-19/h4-14,24H,15H2,1-3H3,(H2,25,26,27,31). The Labute approximate surface area is 193 Å². The van der Waals surface area contributed by atoms with Gasteiger partial charge in [-0.15, -0.1) is 0 Å². The molecule has 0 radical (unpaired) electrons. The quantitative estimate of drug-likeness (QED) is 0.466. The third kappa shape index (κ3) is 6.25. The van der Waals surface area contributed by atoms with Gasteiger partial charge in [0.15, 0.2) is 5.11 Å². The number of hydrogen-bond acceptors (Lipinski definition) is 5. The summed E-state index contributed by atoms with van der Waals surface area (Å²) >= 11 is 5.21. The van der Waals surface area contributed by atoms with Gasteiger partial charge in [0.05, 0.1) is 17.7 Å². The number of carbonyl (C=O) groups excluding carboxylic acids is 1. The van der Waals surface area contributed by atoms with E-state index in [-0.39, 0.29) is 27.9 Å². The molecule has 3 N–H and O–H groups in total. The molecule has 2 aromatic carbocycles. The summed E-state index contributed by atoms with van der Waals surface area (Å²) in [4.78, 5) is 12.5. The maximum absolute atomic E-state index is 12.4. The Morgan fingerprint density at radius 2 is 1.66 bits per heavy atom. The highest BCUT2D eigenvalue weighted by atomic mass is 32.2. The van der Waals surface area contributed by atoms with Crippen LogP contribution in [0.3, 0.4) is 0 Å². The van der Waals surface area contributed by atoms with Crippen molar-refractivity contribution in [3.8, 4) is 0 Å². The molecule has 0 bridgehead atoms. The monoisotopic (exact) mass is 471 g/mol. The van der Waals surface area contributed by atoms with Gasteiger partial charge in [0.25, 0.3) is 5.91 Å². The van der Waals surface area contributed by atoms with Crippen LogP contribution in [0.5, 0.6) is 0 Å². The summed E-state index contributed by atoms with van der Waals surface area (Å²) in [5.41, 5.74) is 2.16. The summed E-state index contributed by atoms with van der Waals surface area (Å²) in [7, 11) is -3.69. The number of thiocarbonyl (C=S) groups is 1. The Bertz CT molecular complexity index is 1180. The van der Waals surface area contributed by atoms with E-state index in [4.69, 9.17) is 16.6 Å². The molecule has 0 aliphatic rings. The normalized spacial score (nSPS) is 11.7. The van der Waals surface area contributed by atoms with Crippen molar-refractivity contribution in [3.05, 3.63) is 83.8 Å². The Morgan fingerprint density at radius 1 is 1.00 bits per heavy atom. The molecule has 1 heterocycles. The van der Waals surface area contributed by atoms with Crippen molar-refractivity contribution in [3.63, 3.8) is 0 Å². The fourth-order valence-electron chi connectivity index (χ4n) is 2.84. The average molecular weight is 472 g/mol. The van der Waals surface area contributed by atoms with E-state index in [1.807, 2.05) is 12.1 Å².